The van der Waals surface area contributed by atoms with Gasteiger partial charge < -0.3 is 14.4 Å². The van der Waals surface area contributed by atoms with Crippen molar-refractivity contribution in [3.63, 3.8) is 0 Å². The summed E-state index contributed by atoms with van der Waals surface area (Å²) in [5.41, 5.74) is 1.97. The number of ether oxygens (including phenoxy) is 2. The van der Waals surface area contributed by atoms with E-state index in [2.05, 4.69) is 10.3 Å². The Morgan fingerprint density at radius 1 is 1.19 bits per heavy atom. The topological polar surface area (TPSA) is 80.8 Å². The second kappa shape index (κ2) is 9.90. The van der Waals surface area contributed by atoms with Crippen molar-refractivity contribution in [3.8, 4) is 10.6 Å². The highest BCUT2D eigenvalue weighted by molar-refractivity contribution is 7.13. The van der Waals surface area contributed by atoms with Crippen molar-refractivity contribution >= 4 is 29.2 Å². The van der Waals surface area contributed by atoms with Crippen LogP contribution in [0.3, 0.4) is 0 Å². The van der Waals surface area contributed by atoms with Crippen molar-refractivity contribution in [2.75, 3.05) is 11.9 Å². The second-order valence-corrected chi connectivity index (χ2v) is 10.3. The minimum atomic E-state index is -0.526. The highest BCUT2D eigenvalue weighted by Gasteiger charge is 2.36. The number of nitrogens with one attached hydrogen (secondary N) is 1. The van der Waals surface area contributed by atoms with Gasteiger partial charge in [0.2, 0.25) is 0 Å². The van der Waals surface area contributed by atoms with Gasteiger partial charge in [-0.15, -0.1) is 11.3 Å². The van der Waals surface area contributed by atoms with Crippen LogP contribution in [0.15, 0.2) is 29.6 Å². The predicted molar refractivity (Wildman–Crippen MR) is 127 cm³/mol. The molecule has 0 spiro atoms. The number of aryl methyl sites for hydroxylation is 1. The molecule has 0 aliphatic carbocycles. The highest BCUT2D eigenvalue weighted by Crippen LogP contribution is 2.32. The van der Waals surface area contributed by atoms with Crippen molar-refractivity contribution in [2.45, 2.75) is 72.1 Å². The van der Waals surface area contributed by atoms with Crippen molar-refractivity contribution in [2.24, 2.45) is 5.92 Å². The fourth-order valence-electron chi connectivity index (χ4n) is 4.13. The third-order valence-electron chi connectivity index (χ3n) is 5.37. The van der Waals surface area contributed by atoms with Crippen LogP contribution in [0.4, 0.5) is 15.3 Å². The lowest BCUT2D eigenvalue weighted by Crippen LogP contribution is -2.52. The molecule has 1 N–H and O–H groups in total. The van der Waals surface area contributed by atoms with Gasteiger partial charge in [0.05, 0.1) is 12.3 Å². The Labute approximate surface area is 194 Å². The molecule has 1 saturated heterocycles. The molecule has 174 valence electrons. The predicted octanol–water partition coefficient (Wildman–Crippen LogP) is 6.09. The van der Waals surface area contributed by atoms with E-state index >= 15 is 0 Å². The van der Waals surface area contributed by atoms with E-state index in [-0.39, 0.29) is 24.1 Å². The summed E-state index contributed by atoms with van der Waals surface area (Å²) in [5.74, 6) is 0.182. The van der Waals surface area contributed by atoms with Crippen LogP contribution < -0.4 is 5.32 Å². The third kappa shape index (κ3) is 6.22. The van der Waals surface area contributed by atoms with Crippen LogP contribution in [0.1, 0.15) is 53.2 Å². The molecular weight excluding hydrogens is 426 g/mol. The number of benzene rings is 1. The molecule has 0 saturated carbocycles. The number of carbonyl (C=O) groups excluding carboxylic acids is 2. The number of rotatable bonds is 4. The first-order valence-electron chi connectivity index (χ1n) is 11.0. The van der Waals surface area contributed by atoms with Gasteiger partial charge in [-0.05, 0) is 72.4 Å². The van der Waals surface area contributed by atoms with Gasteiger partial charge in [0.25, 0.3) is 0 Å². The molecule has 0 bridgehead atoms. The first kappa shape index (κ1) is 24.0. The molecule has 2 amide bonds. The Balaban J connectivity index is 1.55. The average Bonchev–Trinajstić information content (AvgIpc) is 3.11. The summed E-state index contributed by atoms with van der Waals surface area (Å²) < 4.78 is 11.1. The number of anilines is 1. The molecule has 3 rings (SSSR count). The van der Waals surface area contributed by atoms with E-state index in [1.165, 1.54) is 0 Å². The molecule has 0 unspecified atom stereocenters. The first-order valence-corrected chi connectivity index (χ1v) is 11.9. The van der Waals surface area contributed by atoms with Gasteiger partial charge >= 0.3 is 12.2 Å². The van der Waals surface area contributed by atoms with E-state index in [1.54, 1.807) is 16.2 Å². The Morgan fingerprint density at radius 3 is 2.44 bits per heavy atom. The Bertz CT molecular complexity index is 941. The van der Waals surface area contributed by atoms with E-state index in [1.807, 2.05) is 71.2 Å². The largest absolute Gasteiger partial charge is 0.449 e. The zero-order valence-corrected chi connectivity index (χ0v) is 20.5. The van der Waals surface area contributed by atoms with Gasteiger partial charge in [-0.3, -0.25) is 5.32 Å². The summed E-state index contributed by atoms with van der Waals surface area (Å²) in [6, 6.07) is 7.60. The number of aromatic nitrogens is 1. The minimum Gasteiger partial charge on any atom is -0.449 e. The number of amides is 2. The molecule has 8 heteroatoms. The Kier molecular flexibility index (Phi) is 7.44. The molecule has 1 aliphatic rings. The summed E-state index contributed by atoms with van der Waals surface area (Å²) in [6.07, 6.45) is 0.738. The third-order valence-corrected chi connectivity index (χ3v) is 6.36. The smallest absolute Gasteiger partial charge is 0.411 e. The van der Waals surface area contributed by atoms with Crippen LogP contribution in [0.5, 0.6) is 0 Å². The molecule has 1 aliphatic heterocycles. The lowest BCUT2D eigenvalue weighted by molar-refractivity contribution is -0.0126. The van der Waals surface area contributed by atoms with Crippen LogP contribution in [0.2, 0.25) is 0 Å². The standard InChI is InChI=1S/C24H33N3O4S/c1-15-14-32-21(25-15)19-9-7-8-10-20(19)26-22(28)30-13-18-11-16(2)27(17(3)12-18)23(29)31-24(4,5)6/h7-10,14,16-18H,11-13H2,1-6H3,(H,26,28)/t16-,17-/m0/s1. The number of para-hydroxylation sites is 1. The molecule has 1 aromatic carbocycles. The van der Waals surface area contributed by atoms with Crippen molar-refractivity contribution in [1.82, 2.24) is 9.88 Å². The van der Waals surface area contributed by atoms with Gasteiger partial charge in [0, 0.05) is 28.7 Å². The fourth-order valence-corrected chi connectivity index (χ4v) is 4.97. The summed E-state index contributed by atoms with van der Waals surface area (Å²) in [6.45, 7) is 11.9. The van der Waals surface area contributed by atoms with E-state index in [9.17, 15) is 9.59 Å². The molecule has 1 fully saturated rings. The van der Waals surface area contributed by atoms with Gasteiger partial charge in [-0.2, -0.15) is 0 Å². The molecule has 7 nitrogen and oxygen atoms in total. The normalized spacial score (nSPS) is 21.2. The number of likely N-dealkylation sites (tertiary alicyclic amines) is 1. The zero-order valence-electron chi connectivity index (χ0n) is 19.7. The van der Waals surface area contributed by atoms with Crippen LogP contribution >= 0.6 is 11.3 Å². The van der Waals surface area contributed by atoms with Gasteiger partial charge in [0.1, 0.15) is 10.6 Å². The maximum Gasteiger partial charge on any atom is 0.411 e. The monoisotopic (exact) mass is 459 g/mol. The number of thiazole rings is 1. The van der Waals surface area contributed by atoms with Crippen LogP contribution in [-0.4, -0.2) is 46.4 Å². The number of carbonyl (C=O) groups is 2. The van der Waals surface area contributed by atoms with Crippen molar-refractivity contribution in [1.29, 1.82) is 0 Å². The van der Waals surface area contributed by atoms with Gasteiger partial charge in [0.15, 0.2) is 0 Å². The molecule has 2 heterocycles. The molecule has 1 aromatic heterocycles. The van der Waals surface area contributed by atoms with Crippen LogP contribution in [-0.2, 0) is 9.47 Å². The number of nitrogens with zero attached hydrogens (tertiary/aromatic N) is 2. The van der Waals surface area contributed by atoms with E-state index < -0.39 is 11.7 Å². The first-order chi connectivity index (χ1) is 15.0. The SMILES string of the molecule is Cc1csc(-c2ccccc2NC(=O)OCC2C[C@H](C)N(C(=O)OC(C)(C)C)[C@@H](C)C2)n1. The summed E-state index contributed by atoms with van der Waals surface area (Å²) in [4.78, 5) is 31.4. The van der Waals surface area contributed by atoms with E-state index in [0.717, 1.165) is 29.1 Å². The number of piperidine rings is 1. The minimum absolute atomic E-state index is 0.0131. The molecule has 32 heavy (non-hydrogen) atoms. The van der Waals surface area contributed by atoms with Crippen molar-refractivity contribution in [3.05, 3.63) is 35.3 Å². The highest BCUT2D eigenvalue weighted by atomic mass is 32.1. The number of hydrogen-bond donors (Lipinski definition) is 1. The average molecular weight is 460 g/mol. The maximum atomic E-state index is 12.6. The second-order valence-electron chi connectivity index (χ2n) is 9.49. The van der Waals surface area contributed by atoms with Gasteiger partial charge in [-0.1, -0.05) is 12.1 Å². The number of hydrogen-bond acceptors (Lipinski definition) is 6. The quantitative estimate of drug-likeness (QED) is 0.598. The van der Waals surface area contributed by atoms with E-state index in [0.29, 0.717) is 12.3 Å². The lowest BCUT2D eigenvalue weighted by atomic mass is 9.88. The van der Waals surface area contributed by atoms with Gasteiger partial charge in [-0.25, -0.2) is 14.6 Å². The van der Waals surface area contributed by atoms with Crippen molar-refractivity contribution < 1.29 is 19.1 Å². The molecular formula is C24H33N3O4S. The van der Waals surface area contributed by atoms with Crippen LogP contribution in [0.25, 0.3) is 10.6 Å². The fraction of sp³-hybridized carbons (Fsp3) is 0.542. The molecule has 2 aromatic rings. The molecule has 0 radical (unpaired) electrons. The Morgan fingerprint density at radius 2 is 1.84 bits per heavy atom. The van der Waals surface area contributed by atoms with Crippen LogP contribution in [0, 0.1) is 12.8 Å². The summed E-state index contributed by atoms with van der Waals surface area (Å²) in [7, 11) is 0. The Hall–Kier alpha value is -2.61. The summed E-state index contributed by atoms with van der Waals surface area (Å²) in [5, 5.41) is 5.69. The molecule has 2 atom stereocenters. The summed E-state index contributed by atoms with van der Waals surface area (Å²) >= 11 is 1.54. The zero-order chi connectivity index (χ0) is 23.5. The maximum absolute atomic E-state index is 12.6. The lowest BCUT2D eigenvalue weighted by Gasteiger charge is -2.42. The van der Waals surface area contributed by atoms with E-state index in [4.69, 9.17) is 9.47 Å².